The molecule has 25 heavy (non-hydrogen) atoms. The van der Waals surface area contributed by atoms with E-state index in [1.807, 2.05) is 24.3 Å². The van der Waals surface area contributed by atoms with Crippen LogP contribution in [0.3, 0.4) is 0 Å². The number of thiophene rings is 1. The van der Waals surface area contributed by atoms with E-state index in [-0.39, 0.29) is 0 Å². The first-order valence-corrected chi connectivity index (χ1v) is 10.2. The fourth-order valence-electron chi connectivity index (χ4n) is 2.13. The summed E-state index contributed by atoms with van der Waals surface area (Å²) in [7, 11) is 1.42. The summed E-state index contributed by atoms with van der Waals surface area (Å²) in [4.78, 5) is 5.13. The predicted molar refractivity (Wildman–Crippen MR) is 104 cm³/mol. The quantitative estimate of drug-likeness (QED) is 0.568. The number of nitrogens with one attached hydrogen (secondary N) is 2. The lowest BCUT2D eigenvalue weighted by Crippen LogP contribution is -2.37. The van der Waals surface area contributed by atoms with Gasteiger partial charge in [0.2, 0.25) is 0 Å². The number of aliphatic imine (C=N–C) groups is 1. The average Bonchev–Trinajstić information content (AvgIpc) is 3.08. The molecular weight excluding hydrogens is 356 g/mol. The van der Waals surface area contributed by atoms with Crippen molar-refractivity contribution in [2.24, 2.45) is 4.99 Å². The summed E-state index contributed by atoms with van der Waals surface area (Å²) in [6.07, 6.45) is 0.909. The first-order valence-electron chi connectivity index (χ1n) is 7.93. The lowest BCUT2D eigenvalue weighted by Gasteiger charge is -2.11. The summed E-state index contributed by atoms with van der Waals surface area (Å²) >= 11 is 1.27. The molecule has 0 aliphatic heterocycles. The molecule has 0 aliphatic carbocycles. The Bertz CT molecular complexity index is 799. The molecule has 1 heterocycles. The molecule has 0 unspecified atom stereocenters. The van der Waals surface area contributed by atoms with Gasteiger partial charge in [-0.3, -0.25) is 4.99 Å². The topological polar surface area (TPSA) is 73.8 Å². The Morgan fingerprint density at radius 3 is 2.48 bits per heavy atom. The van der Waals surface area contributed by atoms with Crippen LogP contribution in [0.25, 0.3) is 0 Å². The van der Waals surface area contributed by atoms with Gasteiger partial charge in [-0.2, -0.15) is 0 Å². The molecule has 1 aromatic carbocycles. The van der Waals surface area contributed by atoms with E-state index in [1.54, 1.807) is 13.1 Å². The van der Waals surface area contributed by atoms with Crippen molar-refractivity contribution in [3.8, 4) is 0 Å². The van der Waals surface area contributed by atoms with Crippen LogP contribution in [0.5, 0.6) is 0 Å². The Hall–Kier alpha value is -1.90. The van der Waals surface area contributed by atoms with Crippen molar-refractivity contribution < 1.29 is 8.42 Å². The highest BCUT2D eigenvalue weighted by Gasteiger charge is 2.19. The van der Waals surface area contributed by atoms with Crippen molar-refractivity contribution >= 4 is 27.3 Å². The zero-order valence-corrected chi connectivity index (χ0v) is 16.3. The fraction of sp³-hybridized carbons (Fsp3) is 0.353. The van der Waals surface area contributed by atoms with E-state index in [2.05, 4.69) is 27.8 Å². The molecule has 2 N–H and O–H groups in total. The Labute approximate surface area is 153 Å². The first-order chi connectivity index (χ1) is 11.9. The molecule has 0 amide bonds. The Kier molecular flexibility index (Phi) is 6.98. The smallest absolute Gasteiger partial charge is 0.252 e. The lowest BCUT2D eigenvalue weighted by atomic mass is 10.1. The molecule has 0 spiro atoms. The van der Waals surface area contributed by atoms with Crippen LogP contribution in [0.2, 0.25) is 0 Å². The summed E-state index contributed by atoms with van der Waals surface area (Å²) in [6.45, 7) is 1.30. The highest BCUT2D eigenvalue weighted by molar-refractivity contribution is 7.91. The van der Waals surface area contributed by atoms with Crippen LogP contribution in [0, 0.1) is 0 Å². The molecule has 0 radical (unpaired) electrons. The van der Waals surface area contributed by atoms with Gasteiger partial charge < -0.3 is 10.6 Å². The van der Waals surface area contributed by atoms with Crippen LogP contribution in [0.4, 0.5) is 0 Å². The first kappa shape index (κ1) is 19.4. The van der Waals surface area contributed by atoms with Crippen molar-refractivity contribution in [2.75, 3.05) is 27.7 Å². The van der Waals surface area contributed by atoms with Gasteiger partial charge in [0, 0.05) is 32.6 Å². The molecule has 1 aromatic heterocycles. The molecule has 0 aliphatic rings. The molecular formula is C17H24N4O2S2. The molecule has 0 saturated heterocycles. The van der Waals surface area contributed by atoms with Gasteiger partial charge in [0.25, 0.3) is 10.0 Å². The average molecular weight is 381 g/mol. The van der Waals surface area contributed by atoms with Crippen LogP contribution in [0.1, 0.15) is 10.4 Å². The third-order valence-electron chi connectivity index (χ3n) is 3.57. The van der Waals surface area contributed by atoms with Crippen LogP contribution < -0.4 is 10.6 Å². The van der Waals surface area contributed by atoms with Gasteiger partial charge >= 0.3 is 0 Å². The number of hydrogen-bond acceptors (Lipinski definition) is 4. The van der Waals surface area contributed by atoms with Crippen molar-refractivity contribution in [1.29, 1.82) is 0 Å². The Morgan fingerprint density at radius 1 is 1.12 bits per heavy atom. The summed E-state index contributed by atoms with van der Waals surface area (Å²) in [6, 6.07) is 13.7. The zero-order valence-electron chi connectivity index (χ0n) is 14.7. The van der Waals surface area contributed by atoms with Gasteiger partial charge in [-0.15, -0.1) is 11.3 Å². The maximum absolute atomic E-state index is 12.1. The highest BCUT2D eigenvalue weighted by atomic mass is 32.2. The molecule has 0 bridgehead atoms. The molecule has 8 heteroatoms. The van der Waals surface area contributed by atoms with Gasteiger partial charge in [0.05, 0.1) is 6.54 Å². The minimum Gasteiger partial charge on any atom is -0.356 e. The molecule has 136 valence electrons. The standard InChI is InChI=1S/C17H24N4O2S2/c1-18-17(19-12-11-14-7-5-4-6-8-14)20-13-15-9-10-16(24-15)25(22,23)21(2)3/h4-10H,11-13H2,1-3H3,(H2,18,19,20). The van der Waals surface area contributed by atoms with E-state index in [9.17, 15) is 8.42 Å². The zero-order chi connectivity index (χ0) is 18.3. The normalized spacial score (nSPS) is 12.4. The maximum Gasteiger partial charge on any atom is 0.252 e. The number of hydrogen-bond donors (Lipinski definition) is 2. The van der Waals surface area contributed by atoms with Gasteiger partial charge in [-0.05, 0) is 24.1 Å². The minimum atomic E-state index is -3.37. The van der Waals surface area contributed by atoms with E-state index in [4.69, 9.17) is 0 Å². The van der Waals surface area contributed by atoms with Crippen molar-refractivity contribution in [3.63, 3.8) is 0 Å². The maximum atomic E-state index is 12.1. The van der Waals surface area contributed by atoms with Gasteiger partial charge in [-0.25, -0.2) is 12.7 Å². The largest absolute Gasteiger partial charge is 0.356 e. The summed E-state index contributed by atoms with van der Waals surface area (Å²) in [5.74, 6) is 0.696. The van der Waals surface area contributed by atoms with Gasteiger partial charge in [0.1, 0.15) is 4.21 Å². The van der Waals surface area contributed by atoms with Crippen LogP contribution in [-0.2, 0) is 23.0 Å². The number of nitrogens with zero attached hydrogens (tertiary/aromatic N) is 2. The third-order valence-corrected chi connectivity index (χ3v) is 6.94. The van der Waals surface area contributed by atoms with E-state index < -0.39 is 10.0 Å². The number of rotatable bonds is 7. The Balaban J connectivity index is 1.84. The van der Waals surface area contributed by atoms with E-state index in [1.165, 1.54) is 35.3 Å². The molecule has 0 atom stereocenters. The monoisotopic (exact) mass is 380 g/mol. The second-order valence-electron chi connectivity index (χ2n) is 5.60. The van der Waals surface area contributed by atoms with Crippen LogP contribution in [0.15, 0.2) is 51.7 Å². The fourth-order valence-corrected chi connectivity index (χ4v) is 4.60. The van der Waals surface area contributed by atoms with Crippen LogP contribution in [-0.4, -0.2) is 46.4 Å². The molecule has 0 fully saturated rings. The predicted octanol–water partition coefficient (Wildman–Crippen LogP) is 1.91. The number of guanidine groups is 1. The minimum absolute atomic E-state index is 0.348. The third kappa shape index (κ3) is 5.55. The van der Waals surface area contributed by atoms with E-state index in [0.717, 1.165) is 17.8 Å². The van der Waals surface area contributed by atoms with Gasteiger partial charge in [0.15, 0.2) is 5.96 Å². The molecule has 6 nitrogen and oxygen atoms in total. The lowest BCUT2D eigenvalue weighted by molar-refractivity contribution is 0.523. The summed E-state index contributed by atoms with van der Waals surface area (Å²) in [5, 5.41) is 6.47. The molecule has 2 rings (SSSR count). The van der Waals surface area contributed by atoms with Crippen molar-refractivity contribution in [1.82, 2.24) is 14.9 Å². The molecule has 0 saturated carbocycles. The highest BCUT2D eigenvalue weighted by Crippen LogP contribution is 2.23. The van der Waals surface area contributed by atoms with Crippen molar-refractivity contribution in [2.45, 2.75) is 17.2 Å². The second kappa shape index (κ2) is 8.98. The summed E-state index contributed by atoms with van der Waals surface area (Å²) in [5.41, 5.74) is 1.27. The number of sulfonamides is 1. The van der Waals surface area contributed by atoms with Crippen molar-refractivity contribution in [3.05, 3.63) is 52.9 Å². The Morgan fingerprint density at radius 2 is 1.84 bits per heavy atom. The summed E-state index contributed by atoms with van der Waals surface area (Å²) < 4.78 is 25.8. The van der Waals surface area contributed by atoms with Crippen LogP contribution >= 0.6 is 11.3 Å². The second-order valence-corrected chi connectivity index (χ2v) is 9.14. The van der Waals surface area contributed by atoms with E-state index in [0.29, 0.717) is 16.7 Å². The number of benzene rings is 1. The SMILES string of the molecule is CN=C(NCCc1ccccc1)NCc1ccc(S(=O)(=O)N(C)C)s1. The molecule has 2 aromatic rings. The van der Waals surface area contributed by atoms with E-state index >= 15 is 0 Å². The van der Waals surface area contributed by atoms with Gasteiger partial charge in [-0.1, -0.05) is 30.3 Å².